The highest BCUT2D eigenvalue weighted by Crippen LogP contribution is 2.09. The van der Waals surface area contributed by atoms with Crippen LogP contribution in [0.15, 0.2) is 48.2 Å². The van der Waals surface area contributed by atoms with Gasteiger partial charge in [-0.3, -0.25) is 0 Å². The Morgan fingerprint density at radius 3 is 2.50 bits per heavy atom. The van der Waals surface area contributed by atoms with E-state index in [0.717, 1.165) is 6.42 Å². The van der Waals surface area contributed by atoms with E-state index in [9.17, 15) is 0 Å². The Kier molecular flexibility index (Phi) is 4.84. The Bertz CT molecular complexity index is 253. The predicted octanol–water partition coefficient (Wildman–Crippen LogP) is 3.28. The Morgan fingerprint density at radius 1 is 1.14 bits per heavy atom. The molecule has 0 aromatic carbocycles. The maximum atomic E-state index is 2.30. The summed E-state index contributed by atoms with van der Waals surface area (Å²) in [5.74, 6) is 0. The molecule has 1 heteroatoms. The van der Waals surface area contributed by atoms with Gasteiger partial charge in [-0.25, -0.2) is 0 Å². The minimum absolute atomic E-state index is 1.16. The Morgan fingerprint density at radius 2 is 1.86 bits per heavy atom. The smallest absolute Gasteiger partial charge is 0.00555 e. The van der Waals surface area contributed by atoms with Crippen molar-refractivity contribution in [1.29, 1.82) is 0 Å². The van der Waals surface area contributed by atoms with Crippen molar-refractivity contribution in [3.63, 3.8) is 0 Å². The summed E-state index contributed by atoms with van der Waals surface area (Å²) in [6, 6.07) is 0. The quantitative estimate of drug-likeness (QED) is 0.600. The molecule has 0 aromatic rings. The van der Waals surface area contributed by atoms with E-state index in [2.05, 4.69) is 47.6 Å². The van der Waals surface area contributed by atoms with E-state index < -0.39 is 0 Å². The zero-order valence-corrected chi connectivity index (χ0v) is 9.11. The number of unbranched alkanes of at least 4 members (excludes halogenated alkanes) is 2. The SMILES string of the molecule is CN(C)/C=C/CCCC=C1C=CC=C1. The lowest BCUT2D eigenvalue weighted by molar-refractivity contribution is 0.560. The second-order valence-corrected chi connectivity index (χ2v) is 3.70. The molecule has 0 radical (unpaired) electrons. The molecule has 1 aliphatic carbocycles. The molecule has 0 unspecified atom stereocenters. The standard InChI is InChI=1S/C13H19N/c1-14(2)12-8-4-3-5-9-13-10-6-7-11-13/h6-12H,3-5H2,1-2H3/b12-8+. The molecule has 0 fully saturated rings. The van der Waals surface area contributed by atoms with Gasteiger partial charge in [-0.15, -0.1) is 0 Å². The first kappa shape index (κ1) is 10.8. The second kappa shape index (κ2) is 6.25. The summed E-state index contributed by atoms with van der Waals surface area (Å²) < 4.78 is 0. The molecule has 1 nitrogen and oxygen atoms in total. The van der Waals surface area contributed by atoms with Gasteiger partial charge in [-0.05, 0) is 31.0 Å². The molecule has 0 saturated heterocycles. The van der Waals surface area contributed by atoms with E-state index in [-0.39, 0.29) is 0 Å². The highest BCUT2D eigenvalue weighted by atomic mass is 15.0. The molecule has 76 valence electrons. The van der Waals surface area contributed by atoms with E-state index in [1.54, 1.807) is 0 Å². The van der Waals surface area contributed by atoms with Crippen LogP contribution in [0.3, 0.4) is 0 Å². The lowest BCUT2D eigenvalue weighted by Gasteiger charge is -2.02. The van der Waals surface area contributed by atoms with Crippen LogP contribution in [-0.2, 0) is 0 Å². The van der Waals surface area contributed by atoms with E-state index in [4.69, 9.17) is 0 Å². The van der Waals surface area contributed by atoms with Crippen LogP contribution in [0.2, 0.25) is 0 Å². The van der Waals surface area contributed by atoms with Gasteiger partial charge in [-0.1, -0.05) is 36.5 Å². The molecule has 0 heterocycles. The van der Waals surface area contributed by atoms with Crippen molar-refractivity contribution in [2.45, 2.75) is 19.3 Å². The van der Waals surface area contributed by atoms with Gasteiger partial charge in [0.25, 0.3) is 0 Å². The van der Waals surface area contributed by atoms with E-state index >= 15 is 0 Å². The zero-order valence-electron chi connectivity index (χ0n) is 9.11. The Labute approximate surface area is 87.1 Å². The summed E-state index contributed by atoms with van der Waals surface area (Å²) in [7, 11) is 4.10. The van der Waals surface area contributed by atoms with Crippen molar-refractivity contribution in [2.24, 2.45) is 0 Å². The number of allylic oxidation sites excluding steroid dienone is 7. The van der Waals surface area contributed by atoms with Gasteiger partial charge in [0.1, 0.15) is 0 Å². The number of nitrogens with zero attached hydrogens (tertiary/aromatic N) is 1. The molecule has 0 spiro atoms. The molecule has 0 aliphatic heterocycles. The van der Waals surface area contributed by atoms with Crippen LogP contribution in [0.5, 0.6) is 0 Å². The van der Waals surface area contributed by atoms with Gasteiger partial charge >= 0.3 is 0 Å². The maximum Gasteiger partial charge on any atom is 0.00555 e. The van der Waals surface area contributed by atoms with Crippen LogP contribution < -0.4 is 0 Å². The van der Waals surface area contributed by atoms with Gasteiger partial charge in [-0.2, -0.15) is 0 Å². The summed E-state index contributed by atoms with van der Waals surface area (Å²) >= 11 is 0. The summed E-state index contributed by atoms with van der Waals surface area (Å²) in [6.07, 6.45) is 18.7. The molecule has 1 aliphatic rings. The molecular formula is C13H19N. The molecule has 1 rings (SSSR count). The molecule has 0 bridgehead atoms. The number of hydrogen-bond acceptors (Lipinski definition) is 1. The average molecular weight is 189 g/mol. The van der Waals surface area contributed by atoms with Crippen LogP contribution >= 0.6 is 0 Å². The summed E-state index contributed by atoms with van der Waals surface area (Å²) in [5.41, 5.74) is 1.35. The highest BCUT2D eigenvalue weighted by molar-refractivity contribution is 5.39. The van der Waals surface area contributed by atoms with Gasteiger partial charge < -0.3 is 4.90 Å². The van der Waals surface area contributed by atoms with Crippen LogP contribution in [-0.4, -0.2) is 19.0 Å². The van der Waals surface area contributed by atoms with Gasteiger partial charge in [0, 0.05) is 14.1 Å². The summed E-state index contributed by atoms with van der Waals surface area (Å²) in [6.45, 7) is 0. The first-order chi connectivity index (χ1) is 6.79. The largest absolute Gasteiger partial charge is 0.384 e. The lowest BCUT2D eigenvalue weighted by Crippen LogP contribution is -1.99. The zero-order chi connectivity index (χ0) is 10.2. The fourth-order valence-electron chi connectivity index (χ4n) is 1.31. The first-order valence-corrected chi connectivity index (χ1v) is 5.17. The summed E-state index contributed by atoms with van der Waals surface area (Å²) in [5, 5.41) is 0. The van der Waals surface area contributed by atoms with Gasteiger partial charge in [0.2, 0.25) is 0 Å². The third-order valence-corrected chi connectivity index (χ3v) is 2.05. The van der Waals surface area contributed by atoms with E-state index in [1.807, 2.05) is 14.1 Å². The second-order valence-electron chi connectivity index (χ2n) is 3.70. The summed E-state index contributed by atoms with van der Waals surface area (Å²) in [4.78, 5) is 2.07. The number of hydrogen-bond donors (Lipinski definition) is 0. The van der Waals surface area contributed by atoms with Crippen LogP contribution in [0.4, 0.5) is 0 Å². The van der Waals surface area contributed by atoms with Crippen molar-refractivity contribution < 1.29 is 0 Å². The normalized spacial score (nSPS) is 14.3. The van der Waals surface area contributed by atoms with Crippen molar-refractivity contribution >= 4 is 0 Å². The molecule has 0 saturated carbocycles. The maximum absolute atomic E-state index is 2.30. The third kappa shape index (κ3) is 4.70. The third-order valence-electron chi connectivity index (χ3n) is 2.05. The lowest BCUT2D eigenvalue weighted by atomic mass is 10.2. The molecule has 0 atom stereocenters. The predicted molar refractivity (Wildman–Crippen MR) is 63.0 cm³/mol. The molecule has 14 heavy (non-hydrogen) atoms. The minimum atomic E-state index is 1.16. The molecule has 0 amide bonds. The molecule has 0 aromatic heterocycles. The minimum Gasteiger partial charge on any atom is -0.384 e. The van der Waals surface area contributed by atoms with Crippen molar-refractivity contribution in [2.75, 3.05) is 14.1 Å². The fraction of sp³-hybridized carbons (Fsp3) is 0.385. The number of rotatable bonds is 5. The average Bonchev–Trinajstić information content (AvgIpc) is 2.63. The molecule has 0 N–H and O–H groups in total. The Hall–Kier alpha value is -1.24. The van der Waals surface area contributed by atoms with Crippen molar-refractivity contribution in [3.05, 3.63) is 48.2 Å². The van der Waals surface area contributed by atoms with E-state index in [0.29, 0.717) is 0 Å². The van der Waals surface area contributed by atoms with Gasteiger partial charge in [0.05, 0.1) is 0 Å². The topological polar surface area (TPSA) is 3.24 Å². The van der Waals surface area contributed by atoms with Crippen molar-refractivity contribution in [3.8, 4) is 0 Å². The molecular weight excluding hydrogens is 170 g/mol. The first-order valence-electron chi connectivity index (χ1n) is 5.17. The monoisotopic (exact) mass is 189 g/mol. The van der Waals surface area contributed by atoms with Crippen LogP contribution in [0.1, 0.15) is 19.3 Å². The van der Waals surface area contributed by atoms with Gasteiger partial charge in [0.15, 0.2) is 0 Å². The fourth-order valence-corrected chi connectivity index (χ4v) is 1.31. The van der Waals surface area contributed by atoms with Crippen molar-refractivity contribution in [1.82, 2.24) is 4.90 Å². The van der Waals surface area contributed by atoms with Crippen LogP contribution in [0, 0.1) is 0 Å². The highest BCUT2D eigenvalue weighted by Gasteiger charge is 1.89. The van der Waals surface area contributed by atoms with Crippen LogP contribution in [0.25, 0.3) is 0 Å². The Balaban J connectivity index is 2.07. The van der Waals surface area contributed by atoms with E-state index in [1.165, 1.54) is 18.4 Å².